The van der Waals surface area contributed by atoms with Crippen LogP contribution >= 0.6 is 0 Å². The highest BCUT2D eigenvalue weighted by atomic mass is 28.3. The molecule has 0 spiro atoms. The molecule has 0 N–H and O–H groups in total. The third kappa shape index (κ3) is 7.92. The lowest BCUT2D eigenvalue weighted by Gasteiger charge is -2.35. The van der Waals surface area contributed by atoms with Gasteiger partial charge in [0.15, 0.2) is 20.0 Å². The largest absolute Gasteiger partial charge is 0.458 e. The van der Waals surface area contributed by atoms with Gasteiger partial charge in [-0.25, -0.2) is 4.98 Å². The second kappa shape index (κ2) is 19.8. The predicted octanol–water partition coefficient (Wildman–Crippen LogP) is 16.1. The number of pyridine rings is 1. The molecular formula is C78H57N5OSi. The van der Waals surface area contributed by atoms with Gasteiger partial charge >= 0.3 is 0 Å². The lowest BCUT2D eigenvalue weighted by atomic mass is 9.88. The van der Waals surface area contributed by atoms with Crippen molar-refractivity contribution in [3.05, 3.63) is 303 Å². The molecular weight excluding hydrogens is 1050 g/mol. The van der Waals surface area contributed by atoms with E-state index in [1.165, 1.54) is 37.1 Å². The molecule has 16 rings (SSSR count). The van der Waals surface area contributed by atoms with Crippen LogP contribution in [0, 0.1) is 6.33 Å². The number of fused-ring (bicyclic) bond motifs is 13. The standard InChI is InChI=1S/C78H57N5OSi/c1-78(2,3)54-47-48-79-73(49-54)82-68-41-19-16-35-62(68)64-46-45-57(51-71(64)82)84-56-28-22-27-55(50-56)80-52-81-75-61(53-25-8-4-9-26-53)38-23-40-67(75)74-65(63-36-17-20-42-69(63)83-70-43-21-18-37-66(70)76(80)77(81)83)39-24-44-72(74)85(58-29-10-5-11-30-58,59-31-12-6-13-32-59)60-33-14-7-15-34-60/h4-51H,1-3H3. The summed E-state index contributed by atoms with van der Waals surface area (Å²) in [4.78, 5) is 4.96. The first-order chi connectivity index (χ1) is 41.8. The highest BCUT2D eigenvalue weighted by Gasteiger charge is 2.43. The quantitative estimate of drug-likeness (QED) is 0.0625. The van der Waals surface area contributed by atoms with E-state index in [1.807, 2.05) is 12.3 Å². The number of nitrogens with zero attached hydrogens (tertiary/aromatic N) is 5. The summed E-state index contributed by atoms with van der Waals surface area (Å²) in [7, 11) is -3.18. The smallest absolute Gasteiger partial charge is 0.198 e. The van der Waals surface area contributed by atoms with E-state index in [4.69, 9.17) is 9.72 Å². The number of imidazole rings is 1. The van der Waals surface area contributed by atoms with Crippen LogP contribution < -0.4 is 29.9 Å². The molecule has 0 bridgehead atoms. The number of benzene rings is 11. The summed E-state index contributed by atoms with van der Waals surface area (Å²) >= 11 is 0. The van der Waals surface area contributed by atoms with E-state index < -0.39 is 8.07 Å². The lowest BCUT2D eigenvalue weighted by molar-refractivity contribution is -0.488. The average Bonchev–Trinajstić information content (AvgIpc) is 1.67. The summed E-state index contributed by atoms with van der Waals surface area (Å²) in [5.74, 6) is 2.31. The van der Waals surface area contributed by atoms with Gasteiger partial charge in [0.25, 0.3) is 0 Å². The van der Waals surface area contributed by atoms with Crippen molar-refractivity contribution in [1.29, 1.82) is 0 Å². The number of aromatic nitrogens is 5. The number of hydrogen-bond acceptors (Lipinski definition) is 2. The van der Waals surface area contributed by atoms with Crippen LogP contribution in [0.2, 0.25) is 0 Å². The van der Waals surface area contributed by atoms with Gasteiger partial charge in [0.05, 0.1) is 27.6 Å². The lowest BCUT2D eigenvalue weighted by Crippen LogP contribution is -2.74. The molecule has 0 fully saturated rings. The molecule has 0 saturated carbocycles. The van der Waals surface area contributed by atoms with Crippen molar-refractivity contribution in [2.75, 3.05) is 0 Å². The number of ether oxygens (including phenoxy) is 1. The normalized spacial score (nSPS) is 12.2. The molecule has 0 aliphatic carbocycles. The Labute approximate surface area is 493 Å². The predicted molar refractivity (Wildman–Crippen MR) is 354 cm³/mol. The van der Waals surface area contributed by atoms with E-state index in [2.05, 4.69) is 324 Å². The molecule has 85 heavy (non-hydrogen) atoms. The van der Waals surface area contributed by atoms with Gasteiger partial charge in [0, 0.05) is 39.5 Å². The average molecular weight is 1110 g/mol. The molecule has 404 valence electrons. The van der Waals surface area contributed by atoms with Crippen molar-refractivity contribution in [2.24, 2.45) is 0 Å². The summed E-state index contributed by atoms with van der Waals surface area (Å²) in [5.41, 5.74) is 11.7. The molecule has 0 radical (unpaired) electrons. The van der Waals surface area contributed by atoms with Gasteiger partial charge in [-0.3, -0.25) is 13.4 Å². The van der Waals surface area contributed by atoms with E-state index in [9.17, 15) is 0 Å². The Kier molecular flexibility index (Phi) is 11.7. The van der Waals surface area contributed by atoms with Crippen molar-refractivity contribution >= 4 is 105 Å². The fourth-order valence-electron chi connectivity index (χ4n) is 13.7. The second-order valence-electron chi connectivity index (χ2n) is 23.2. The molecule has 0 aliphatic heterocycles. The first-order valence-corrected chi connectivity index (χ1v) is 31.2. The molecule has 7 heteroatoms. The van der Waals surface area contributed by atoms with Crippen LogP contribution in [0.25, 0.3) is 99.1 Å². The molecule has 16 aromatic rings. The zero-order chi connectivity index (χ0) is 56.8. The molecule has 0 atom stereocenters. The summed E-state index contributed by atoms with van der Waals surface area (Å²) in [6.07, 6.45) is 6.05. The molecule has 6 nitrogen and oxygen atoms in total. The van der Waals surface area contributed by atoms with Crippen LogP contribution in [0.4, 0.5) is 0 Å². The van der Waals surface area contributed by atoms with Crippen molar-refractivity contribution in [2.45, 2.75) is 26.2 Å². The maximum atomic E-state index is 7.02. The fourth-order valence-corrected chi connectivity index (χ4v) is 18.7. The summed E-state index contributed by atoms with van der Waals surface area (Å²) < 4.78 is 16.4. The van der Waals surface area contributed by atoms with Crippen LogP contribution in [0.5, 0.6) is 11.5 Å². The van der Waals surface area contributed by atoms with Crippen LogP contribution in [0.15, 0.2) is 291 Å². The van der Waals surface area contributed by atoms with Crippen LogP contribution in [0.1, 0.15) is 26.3 Å². The van der Waals surface area contributed by atoms with Gasteiger partial charge in [-0.15, -0.1) is 0 Å². The van der Waals surface area contributed by atoms with Crippen molar-refractivity contribution in [3.63, 3.8) is 0 Å². The summed E-state index contributed by atoms with van der Waals surface area (Å²) in [5, 5.41) is 13.3. The summed E-state index contributed by atoms with van der Waals surface area (Å²) in [6.45, 7) is 6.73. The Morgan fingerprint density at radius 3 is 1.67 bits per heavy atom. The number of rotatable bonds is 9. The second-order valence-corrected chi connectivity index (χ2v) is 27.0. The highest BCUT2D eigenvalue weighted by Crippen LogP contribution is 2.40. The Bertz CT molecular complexity index is 5220. The Morgan fingerprint density at radius 1 is 0.447 bits per heavy atom. The fraction of sp³-hybridized carbons (Fsp3) is 0.0513. The van der Waals surface area contributed by atoms with Gasteiger partial charge in [-0.2, -0.15) is 0 Å². The topological polar surface area (TPSA) is 40.5 Å². The first kappa shape index (κ1) is 50.1. The number of para-hydroxylation sites is 4. The summed E-state index contributed by atoms with van der Waals surface area (Å²) in [6, 6.07) is 104. The minimum Gasteiger partial charge on any atom is -0.458 e. The molecule has 5 heterocycles. The molecule has 11 aromatic carbocycles. The molecule has 0 aliphatic rings. The third-order valence-corrected chi connectivity index (χ3v) is 22.2. The van der Waals surface area contributed by atoms with Crippen LogP contribution in [-0.4, -0.2) is 26.6 Å². The first-order valence-electron chi connectivity index (χ1n) is 29.2. The van der Waals surface area contributed by atoms with Gasteiger partial charge in [0.1, 0.15) is 22.8 Å². The van der Waals surface area contributed by atoms with Gasteiger partial charge in [-0.1, -0.05) is 245 Å². The Morgan fingerprint density at radius 2 is 0.988 bits per heavy atom. The van der Waals surface area contributed by atoms with Gasteiger partial charge in [0.2, 0.25) is 0 Å². The van der Waals surface area contributed by atoms with E-state index in [1.54, 1.807) is 0 Å². The van der Waals surface area contributed by atoms with E-state index in [-0.39, 0.29) is 5.41 Å². The zero-order valence-corrected chi connectivity index (χ0v) is 48.4. The van der Waals surface area contributed by atoms with E-state index >= 15 is 0 Å². The van der Waals surface area contributed by atoms with Crippen LogP contribution in [-0.2, 0) is 5.41 Å². The Hall–Kier alpha value is -10.6. The SMILES string of the molecule is CC(C)(C)c1ccnc(-n2c3ccccc3c3ccc(Oc4cccc(-n5[c-][n+]6c7c(-c8ccccc8)cccc7c7c([Si](c8ccccc8)(c8ccccc8)c8ccccc8)cccc7c7ccccc7n7c8ccccc8c5c76)c4)cc32)c1. The Balaban J connectivity index is 1.01. The molecule has 0 amide bonds. The minimum absolute atomic E-state index is 0.0444. The van der Waals surface area contributed by atoms with E-state index in [0.717, 1.165) is 94.1 Å². The number of hydrogen-bond donors (Lipinski definition) is 0. The van der Waals surface area contributed by atoms with Crippen molar-refractivity contribution < 1.29 is 9.14 Å². The van der Waals surface area contributed by atoms with Crippen LogP contribution in [0.3, 0.4) is 0 Å². The van der Waals surface area contributed by atoms with Gasteiger partial charge in [-0.05, 0) is 114 Å². The molecule has 0 unspecified atom stereocenters. The zero-order valence-electron chi connectivity index (χ0n) is 47.4. The third-order valence-electron chi connectivity index (χ3n) is 17.4. The maximum Gasteiger partial charge on any atom is 0.198 e. The molecule has 5 aromatic heterocycles. The van der Waals surface area contributed by atoms with Crippen molar-refractivity contribution in [1.82, 2.24) is 18.5 Å². The highest BCUT2D eigenvalue weighted by molar-refractivity contribution is 7.20. The molecule has 0 saturated heterocycles. The van der Waals surface area contributed by atoms with Crippen molar-refractivity contribution in [3.8, 4) is 34.1 Å². The monoisotopic (exact) mass is 1110 g/mol. The maximum absolute atomic E-state index is 7.02. The van der Waals surface area contributed by atoms with E-state index in [0.29, 0.717) is 5.75 Å². The minimum atomic E-state index is -3.18. The van der Waals surface area contributed by atoms with Gasteiger partial charge < -0.3 is 9.30 Å².